The van der Waals surface area contributed by atoms with E-state index in [4.69, 9.17) is 11.6 Å². The molecule has 0 saturated heterocycles. The summed E-state index contributed by atoms with van der Waals surface area (Å²) in [5.41, 5.74) is 0. The molecule has 1 aromatic rings. The first-order valence-corrected chi connectivity index (χ1v) is 4.38. The lowest BCUT2D eigenvalue weighted by atomic mass is 10.3. The molecule has 4 heteroatoms. The smallest absolute Gasteiger partial charge is 0.153 e. The largest absolute Gasteiger partial charge is 0.204 e. The molecule has 0 radical (unpaired) electrons. The van der Waals surface area contributed by atoms with Crippen LogP contribution in [0, 0.1) is 5.82 Å². The molecule has 1 rings (SSSR count). The topological polar surface area (TPSA) is 0 Å². The third-order valence-corrected chi connectivity index (χ3v) is 2.92. The number of hydrogen-bond donors (Lipinski definition) is 0. The number of hydrogen-bond acceptors (Lipinski definition) is 0. The van der Waals surface area contributed by atoms with E-state index in [2.05, 4.69) is 31.9 Å². The van der Waals surface area contributed by atoms with Crippen LogP contribution in [0.15, 0.2) is 21.1 Å². The van der Waals surface area contributed by atoms with E-state index in [0.717, 1.165) is 0 Å². The van der Waals surface area contributed by atoms with Gasteiger partial charge in [-0.15, -0.1) is 0 Å². The Bertz CT molecular complexity index is 235. The van der Waals surface area contributed by atoms with Crippen molar-refractivity contribution >= 4 is 43.5 Å². The zero-order valence-corrected chi connectivity index (χ0v) is 8.59. The summed E-state index contributed by atoms with van der Waals surface area (Å²) in [6, 6.07) is 3.17. The monoisotopic (exact) mass is 286 g/mol. The maximum Gasteiger partial charge on any atom is 0.153 e. The molecular formula is C6H2Br2ClF. The summed E-state index contributed by atoms with van der Waals surface area (Å²) < 4.78 is 13.5. The first-order chi connectivity index (χ1) is 4.63. The molecule has 0 spiro atoms. The Morgan fingerprint density at radius 2 is 1.90 bits per heavy atom. The number of rotatable bonds is 0. The minimum Gasteiger partial charge on any atom is -0.204 e. The Kier molecular flexibility index (Phi) is 2.72. The predicted octanol–water partition coefficient (Wildman–Crippen LogP) is 4.00. The van der Waals surface area contributed by atoms with Crippen molar-refractivity contribution in [2.45, 2.75) is 0 Å². The zero-order chi connectivity index (χ0) is 7.72. The molecule has 0 unspecified atom stereocenters. The van der Waals surface area contributed by atoms with Crippen LogP contribution in [0.5, 0.6) is 0 Å². The van der Waals surface area contributed by atoms with Crippen molar-refractivity contribution in [3.63, 3.8) is 0 Å². The van der Waals surface area contributed by atoms with E-state index >= 15 is 0 Å². The molecule has 0 amide bonds. The number of benzene rings is 1. The standard InChI is InChI=1S/C6H2Br2ClF/c7-3-1-2-4(9)5(8)6(3)10/h1-2H. The van der Waals surface area contributed by atoms with Crippen LogP contribution in [0.1, 0.15) is 0 Å². The van der Waals surface area contributed by atoms with Crippen LogP contribution in [-0.2, 0) is 0 Å². The van der Waals surface area contributed by atoms with Crippen molar-refractivity contribution < 1.29 is 4.39 Å². The first-order valence-electron chi connectivity index (χ1n) is 2.42. The molecule has 0 aliphatic rings. The van der Waals surface area contributed by atoms with Crippen LogP contribution in [0.25, 0.3) is 0 Å². The minimum atomic E-state index is -0.368. The second-order valence-electron chi connectivity index (χ2n) is 1.66. The Labute approximate surface area is 79.6 Å². The normalized spacial score (nSPS) is 10.0. The molecule has 0 atom stereocenters. The summed E-state index contributed by atoms with van der Waals surface area (Å²) in [7, 11) is 0. The van der Waals surface area contributed by atoms with E-state index < -0.39 is 0 Å². The lowest BCUT2D eigenvalue weighted by Gasteiger charge is -1.97. The van der Waals surface area contributed by atoms with Gasteiger partial charge in [-0.2, -0.15) is 0 Å². The number of halogens is 4. The second kappa shape index (κ2) is 3.20. The van der Waals surface area contributed by atoms with Crippen molar-refractivity contribution in [3.8, 4) is 0 Å². The van der Waals surface area contributed by atoms with Crippen LogP contribution in [-0.4, -0.2) is 0 Å². The predicted molar refractivity (Wildman–Crippen MR) is 46.8 cm³/mol. The van der Waals surface area contributed by atoms with Gasteiger partial charge < -0.3 is 0 Å². The van der Waals surface area contributed by atoms with Crippen molar-refractivity contribution in [3.05, 3.63) is 31.9 Å². The van der Waals surface area contributed by atoms with Crippen LogP contribution >= 0.6 is 43.5 Å². The summed E-state index contributed by atoms with van der Waals surface area (Å²) in [4.78, 5) is 0. The highest BCUT2D eigenvalue weighted by molar-refractivity contribution is 9.11. The van der Waals surface area contributed by atoms with Crippen LogP contribution in [0.2, 0.25) is 5.02 Å². The first kappa shape index (κ1) is 8.50. The van der Waals surface area contributed by atoms with Crippen molar-refractivity contribution in [2.75, 3.05) is 0 Å². The van der Waals surface area contributed by atoms with Gasteiger partial charge in [0.1, 0.15) is 0 Å². The van der Waals surface area contributed by atoms with Crippen LogP contribution in [0.3, 0.4) is 0 Å². The van der Waals surface area contributed by atoms with Gasteiger partial charge in [0.05, 0.1) is 14.0 Å². The second-order valence-corrected chi connectivity index (χ2v) is 3.71. The van der Waals surface area contributed by atoms with Crippen LogP contribution < -0.4 is 0 Å². The summed E-state index contributed by atoms with van der Waals surface area (Å²) in [5, 5.41) is 0.376. The van der Waals surface area contributed by atoms with E-state index in [0.29, 0.717) is 14.0 Å². The molecule has 0 bridgehead atoms. The molecule has 10 heavy (non-hydrogen) atoms. The molecular weight excluding hydrogens is 286 g/mol. The van der Waals surface area contributed by atoms with Gasteiger partial charge in [-0.1, -0.05) is 11.6 Å². The van der Waals surface area contributed by atoms with Gasteiger partial charge in [0.15, 0.2) is 5.82 Å². The van der Waals surface area contributed by atoms with Crippen molar-refractivity contribution in [2.24, 2.45) is 0 Å². The van der Waals surface area contributed by atoms with E-state index in [1.165, 1.54) is 0 Å². The highest BCUT2D eigenvalue weighted by Gasteiger charge is 2.06. The quantitative estimate of drug-likeness (QED) is 0.500. The molecule has 0 heterocycles. The molecule has 0 N–H and O–H groups in total. The third-order valence-electron chi connectivity index (χ3n) is 0.988. The molecule has 0 aliphatic carbocycles. The van der Waals surface area contributed by atoms with E-state index in [1.54, 1.807) is 12.1 Å². The maximum absolute atomic E-state index is 12.8. The fourth-order valence-electron chi connectivity index (χ4n) is 0.502. The fourth-order valence-corrected chi connectivity index (χ4v) is 1.59. The van der Waals surface area contributed by atoms with Gasteiger partial charge in [0, 0.05) is 0 Å². The van der Waals surface area contributed by atoms with E-state index in [1.807, 2.05) is 0 Å². The molecule has 54 valence electrons. The van der Waals surface area contributed by atoms with Gasteiger partial charge in [-0.3, -0.25) is 0 Å². The van der Waals surface area contributed by atoms with Gasteiger partial charge >= 0.3 is 0 Å². The Morgan fingerprint density at radius 3 is 2.40 bits per heavy atom. The summed E-state index contributed by atoms with van der Waals surface area (Å²) in [5.74, 6) is -0.368. The summed E-state index contributed by atoms with van der Waals surface area (Å²) in [6.07, 6.45) is 0. The Morgan fingerprint density at radius 1 is 1.30 bits per heavy atom. The van der Waals surface area contributed by atoms with Gasteiger partial charge in [0.2, 0.25) is 0 Å². The Balaban J connectivity index is 3.34. The lowest BCUT2D eigenvalue weighted by Crippen LogP contribution is -1.79. The molecule has 0 saturated carbocycles. The zero-order valence-electron chi connectivity index (χ0n) is 4.67. The van der Waals surface area contributed by atoms with Crippen molar-refractivity contribution in [1.82, 2.24) is 0 Å². The van der Waals surface area contributed by atoms with E-state index in [-0.39, 0.29) is 5.82 Å². The average Bonchev–Trinajstić information content (AvgIpc) is 1.93. The van der Waals surface area contributed by atoms with Crippen molar-refractivity contribution in [1.29, 1.82) is 0 Å². The summed E-state index contributed by atoms with van der Waals surface area (Å²) >= 11 is 11.6. The average molecular weight is 288 g/mol. The summed E-state index contributed by atoms with van der Waals surface area (Å²) in [6.45, 7) is 0. The molecule has 0 aliphatic heterocycles. The molecule has 0 fully saturated rings. The van der Waals surface area contributed by atoms with Crippen LogP contribution in [0.4, 0.5) is 4.39 Å². The minimum absolute atomic E-state index is 0.295. The third kappa shape index (κ3) is 1.52. The highest BCUT2D eigenvalue weighted by Crippen LogP contribution is 2.29. The lowest BCUT2D eigenvalue weighted by molar-refractivity contribution is 0.614. The molecule has 0 aromatic heterocycles. The maximum atomic E-state index is 12.8. The van der Waals surface area contributed by atoms with E-state index in [9.17, 15) is 4.39 Å². The Hall–Kier alpha value is 0.400. The van der Waals surface area contributed by atoms with Gasteiger partial charge in [0.25, 0.3) is 0 Å². The molecule has 1 aromatic carbocycles. The van der Waals surface area contributed by atoms with Gasteiger partial charge in [-0.05, 0) is 44.0 Å². The fraction of sp³-hybridized carbons (Fsp3) is 0. The molecule has 0 nitrogen and oxygen atoms in total. The SMILES string of the molecule is Fc1c(Br)ccc(Cl)c1Br. The van der Waals surface area contributed by atoms with Gasteiger partial charge in [-0.25, -0.2) is 4.39 Å². The highest BCUT2D eigenvalue weighted by atomic mass is 79.9.